The van der Waals surface area contributed by atoms with Crippen LogP contribution in [0.5, 0.6) is 0 Å². The second-order valence-electron chi connectivity index (χ2n) is 4.15. The molecule has 9 heteroatoms. The monoisotopic (exact) mass is 364 g/mol. The highest BCUT2D eigenvalue weighted by Gasteiger charge is 2.34. The van der Waals surface area contributed by atoms with E-state index in [-0.39, 0.29) is 11.5 Å². The fourth-order valence-electron chi connectivity index (χ4n) is 1.62. The number of aromatic nitrogens is 2. The van der Waals surface area contributed by atoms with Gasteiger partial charge in [0.2, 0.25) is 5.95 Å². The quantitative estimate of drug-likeness (QED) is 0.654. The number of hydrogen-bond acceptors (Lipinski definition) is 3. The normalized spacial score (nSPS) is 12.3. The Morgan fingerprint density at radius 1 is 1.38 bits per heavy atom. The molecule has 112 valence electrons. The molecule has 0 aliphatic carbocycles. The van der Waals surface area contributed by atoms with Gasteiger partial charge in [-0.1, -0.05) is 0 Å². The largest absolute Gasteiger partial charge is 0.417 e. The van der Waals surface area contributed by atoms with E-state index in [9.17, 15) is 17.6 Å². The third kappa shape index (κ3) is 3.23. The molecular formula is C12H9BrF4N4. The number of nitrogens with two attached hydrogens (primary N) is 1. The molecule has 0 aliphatic rings. The van der Waals surface area contributed by atoms with E-state index >= 15 is 0 Å². The van der Waals surface area contributed by atoms with Gasteiger partial charge in [0.25, 0.3) is 0 Å². The molecule has 1 aromatic carbocycles. The van der Waals surface area contributed by atoms with Gasteiger partial charge in [0.1, 0.15) is 5.82 Å². The minimum Gasteiger partial charge on any atom is -0.368 e. The van der Waals surface area contributed by atoms with Crippen LogP contribution in [0.25, 0.3) is 0 Å². The number of benzene rings is 1. The molecule has 0 aliphatic heterocycles. The van der Waals surface area contributed by atoms with Crippen LogP contribution in [0.4, 0.5) is 23.5 Å². The fraction of sp³-hybridized carbons (Fsp3) is 0.167. The minimum absolute atomic E-state index is 0.0484. The summed E-state index contributed by atoms with van der Waals surface area (Å²) in [6.07, 6.45) is -2.18. The Kier molecular flexibility index (Phi) is 4.04. The smallest absolute Gasteiger partial charge is 0.368 e. The van der Waals surface area contributed by atoms with E-state index in [4.69, 9.17) is 5.73 Å². The van der Waals surface area contributed by atoms with Crippen LogP contribution in [-0.4, -0.2) is 15.9 Å². The number of imidazole rings is 1. The average Bonchev–Trinajstić information content (AvgIpc) is 2.66. The van der Waals surface area contributed by atoms with Gasteiger partial charge >= 0.3 is 6.18 Å². The highest BCUT2D eigenvalue weighted by atomic mass is 79.9. The molecule has 2 rings (SSSR count). The molecule has 2 aromatic rings. The number of alkyl halides is 3. The second-order valence-corrected chi connectivity index (χ2v) is 4.94. The SMILES string of the molecule is Cc1cn(N=Cc2c(F)ccc(C(F)(F)F)c2Br)c(N)n1. The van der Waals surface area contributed by atoms with Crippen LogP contribution in [0.3, 0.4) is 0 Å². The molecule has 0 radical (unpaired) electrons. The number of anilines is 1. The summed E-state index contributed by atoms with van der Waals surface area (Å²) in [5.74, 6) is -0.790. The van der Waals surface area contributed by atoms with Gasteiger partial charge in [0, 0.05) is 10.0 Å². The third-order valence-corrected chi connectivity index (χ3v) is 3.43. The first kappa shape index (κ1) is 15.5. The molecule has 0 atom stereocenters. The molecule has 0 amide bonds. The van der Waals surface area contributed by atoms with Crippen molar-refractivity contribution in [3.8, 4) is 0 Å². The maximum Gasteiger partial charge on any atom is 0.417 e. The Labute approximate surface area is 125 Å². The number of rotatable bonds is 2. The van der Waals surface area contributed by atoms with Crippen molar-refractivity contribution in [3.63, 3.8) is 0 Å². The summed E-state index contributed by atoms with van der Waals surface area (Å²) in [6.45, 7) is 1.67. The molecule has 1 aromatic heterocycles. The molecule has 4 nitrogen and oxygen atoms in total. The molecule has 1 heterocycles. The summed E-state index contributed by atoms with van der Waals surface area (Å²) in [6, 6.07) is 1.39. The Morgan fingerprint density at radius 2 is 2.05 bits per heavy atom. The van der Waals surface area contributed by atoms with E-state index in [2.05, 4.69) is 26.0 Å². The van der Waals surface area contributed by atoms with Crippen molar-refractivity contribution < 1.29 is 17.6 Å². The minimum atomic E-state index is -4.60. The van der Waals surface area contributed by atoms with Crippen LogP contribution < -0.4 is 5.73 Å². The molecule has 21 heavy (non-hydrogen) atoms. The number of halogens is 5. The molecule has 0 spiro atoms. The standard InChI is InChI=1S/C12H9BrF4N4/c1-6-5-21(11(18)20-6)19-4-7-9(14)3-2-8(10(7)13)12(15,16)17/h2-5H,1H3,(H2,18,20). The summed E-state index contributed by atoms with van der Waals surface area (Å²) >= 11 is 2.76. The first-order valence-corrected chi connectivity index (χ1v) is 6.40. The zero-order chi connectivity index (χ0) is 15.8. The van der Waals surface area contributed by atoms with Crippen molar-refractivity contribution in [2.75, 3.05) is 5.73 Å². The van der Waals surface area contributed by atoms with Gasteiger partial charge in [-0.15, -0.1) is 0 Å². The van der Waals surface area contributed by atoms with Crippen molar-refractivity contribution in [2.45, 2.75) is 13.1 Å². The Morgan fingerprint density at radius 3 is 2.57 bits per heavy atom. The maximum absolute atomic E-state index is 13.7. The molecular weight excluding hydrogens is 356 g/mol. The van der Waals surface area contributed by atoms with Crippen LogP contribution in [-0.2, 0) is 6.18 Å². The molecule has 0 fully saturated rings. The van der Waals surface area contributed by atoms with E-state index in [1.54, 1.807) is 6.92 Å². The Bertz CT molecular complexity index is 706. The summed E-state index contributed by atoms with van der Waals surface area (Å²) in [5.41, 5.74) is 4.80. The van der Waals surface area contributed by atoms with Crippen LogP contribution >= 0.6 is 15.9 Å². The van der Waals surface area contributed by atoms with Crippen molar-refractivity contribution in [1.82, 2.24) is 9.66 Å². The van der Waals surface area contributed by atoms with Crippen LogP contribution in [0.1, 0.15) is 16.8 Å². The van der Waals surface area contributed by atoms with Gasteiger partial charge in [0.15, 0.2) is 0 Å². The van der Waals surface area contributed by atoms with Crippen molar-refractivity contribution in [3.05, 3.63) is 45.4 Å². The zero-order valence-corrected chi connectivity index (χ0v) is 12.2. The predicted octanol–water partition coefficient (Wildman–Crippen LogP) is 3.58. The van der Waals surface area contributed by atoms with Crippen molar-refractivity contribution in [1.29, 1.82) is 0 Å². The third-order valence-electron chi connectivity index (χ3n) is 2.58. The van der Waals surface area contributed by atoms with Crippen LogP contribution in [0.2, 0.25) is 0 Å². The van der Waals surface area contributed by atoms with Gasteiger partial charge in [-0.05, 0) is 35.0 Å². The number of aryl methyl sites for hydroxylation is 1. The van der Waals surface area contributed by atoms with E-state index in [1.807, 2.05) is 0 Å². The van der Waals surface area contributed by atoms with Gasteiger partial charge in [-0.2, -0.15) is 18.3 Å². The first-order chi connectivity index (χ1) is 9.70. The highest BCUT2D eigenvalue weighted by Crippen LogP contribution is 2.36. The lowest BCUT2D eigenvalue weighted by Gasteiger charge is -2.11. The summed E-state index contributed by atoms with van der Waals surface area (Å²) in [7, 11) is 0. The summed E-state index contributed by atoms with van der Waals surface area (Å²) < 4.78 is 52.7. The van der Waals surface area contributed by atoms with E-state index in [0.717, 1.165) is 17.0 Å². The molecule has 0 bridgehead atoms. The fourth-order valence-corrected chi connectivity index (χ4v) is 2.27. The number of hydrogen-bond donors (Lipinski definition) is 1. The molecule has 0 saturated carbocycles. The lowest BCUT2D eigenvalue weighted by atomic mass is 10.1. The second kappa shape index (κ2) is 5.47. The molecule has 0 saturated heterocycles. The van der Waals surface area contributed by atoms with Gasteiger partial charge in [-0.25, -0.2) is 14.1 Å². The predicted molar refractivity (Wildman–Crippen MR) is 73.5 cm³/mol. The van der Waals surface area contributed by atoms with E-state index < -0.39 is 22.0 Å². The highest BCUT2D eigenvalue weighted by molar-refractivity contribution is 9.10. The molecule has 2 N–H and O–H groups in total. The topological polar surface area (TPSA) is 56.2 Å². The van der Waals surface area contributed by atoms with Gasteiger partial charge in [0.05, 0.1) is 23.7 Å². The Hall–Kier alpha value is -1.90. The van der Waals surface area contributed by atoms with Gasteiger partial charge < -0.3 is 5.73 Å². The van der Waals surface area contributed by atoms with Crippen LogP contribution in [0.15, 0.2) is 27.9 Å². The lowest BCUT2D eigenvalue weighted by Crippen LogP contribution is -2.09. The Balaban J connectivity index is 2.47. The van der Waals surface area contributed by atoms with Crippen molar-refractivity contribution in [2.24, 2.45) is 5.10 Å². The first-order valence-electron chi connectivity index (χ1n) is 5.61. The van der Waals surface area contributed by atoms with E-state index in [0.29, 0.717) is 11.8 Å². The van der Waals surface area contributed by atoms with Crippen LogP contribution in [0, 0.1) is 12.7 Å². The number of nitrogen functional groups attached to an aromatic ring is 1. The van der Waals surface area contributed by atoms with E-state index in [1.165, 1.54) is 6.20 Å². The maximum atomic E-state index is 13.7. The lowest BCUT2D eigenvalue weighted by molar-refractivity contribution is -0.138. The average molecular weight is 365 g/mol. The summed E-state index contributed by atoms with van der Waals surface area (Å²) in [5, 5.41) is 3.81. The van der Waals surface area contributed by atoms with Crippen molar-refractivity contribution >= 4 is 28.1 Å². The zero-order valence-electron chi connectivity index (χ0n) is 10.6. The van der Waals surface area contributed by atoms with Gasteiger partial charge in [-0.3, -0.25) is 0 Å². The molecule has 0 unspecified atom stereocenters. The number of nitrogens with zero attached hydrogens (tertiary/aromatic N) is 3. The summed E-state index contributed by atoms with van der Waals surface area (Å²) in [4.78, 5) is 3.87.